The van der Waals surface area contributed by atoms with E-state index in [4.69, 9.17) is 4.74 Å². The number of carbonyl (C=O) groups excluding carboxylic acids is 1. The maximum atomic E-state index is 12.6. The van der Waals surface area contributed by atoms with E-state index < -0.39 is 0 Å². The van der Waals surface area contributed by atoms with Gasteiger partial charge in [-0.1, -0.05) is 36.0 Å². The highest BCUT2D eigenvalue weighted by Gasteiger charge is 2.15. The summed E-state index contributed by atoms with van der Waals surface area (Å²) >= 11 is 1.28. The summed E-state index contributed by atoms with van der Waals surface area (Å²) in [6.07, 6.45) is 1.66. The molecule has 164 valence electrons. The van der Waals surface area contributed by atoms with Gasteiger partial charge < -0.3 is 10.1 Å². The molecule has 32 heavy (non-hydrogen) atoms. The largest absolute Gasteiger partial charge is 0.497 e. The van der Waals surface area contributed by atoms with Crippen LogP contribution in [0.4, 0.5) is 5.82 Å². The third kappa shape index (κ3) is 4.80. The molecule has 0 radical (unpaired) electrons. The molecule has 1 N–H and O–H groups in total. The number of benzene rings is 2. The van der Waals surface area contributed by atoms with Crippen LogP contribution in [0.2, 0.25) is 0 Å². The summed E-state index contributed by atoms with van der Waals surface area (Å²) < 4.78 is 8.66. The summed E-state index contributed by atoms with van der Waals surface area (Å²) in [5.74, 6) is 1.39. The van der Waals surface area contributed by atoms with Crippen LogP contribution in [0.5, 0.6) is 5.75 Å². The van der Waals surface area contributed by atoms with Crippen molar-refractivity contribution in [2.24, 2.45) is 0 Å². The second-order valence-corrected chi connectivity index (χ2v) is 8.10. The fourth-order valence-corrected chi connectivity index (χ4v) is 3.89. The fourth-order valence-electron chi connectivity index (χ4n) is 3.20. The van der Waals surface area contributed by atoms with Gasteiger partial charge in [0.05, 0.1) is 31.3 Å². The average Bonchev–Trinajstić information content (AvgIpc) is 3.44. The molecule has 1 amide bonds. The van der Waals surface area contributed by atoms with Gasteiger partial charge >= 0.3 is 0 Å². The van der Waals surface area contributed by atoms with E-state index in [2.05, 4.69) is 25.9 Å². The zero-order valence-electron chi connectivity index (χ0n) is 18.0. The lowest BCUT2D eigenvalue weighted by atomic mass is 10.1. The van der Waals surface area contributed by atoms with Crippen LogP contribution in [-0.4, -0.2) is 48.8 Å². The van der Waals surface area contributed by atoms with Crippen LogP contribution in [0.3, 0.4) is 0 Å². The van der Waals surface area contributed by atoms with Crippen molar-refractivity contribution in [3.63, 3.8) is 0 Å². The van der Waals surface area contributed by atoms with Crippen LogP contribution in [0.15, 0.2) is 59.9 Å². The number of rotatable bonds is 8. The van der Waals surface area contributed by atoms with Crippen molar-refractivity contribution < 1.29 is 9.53 Å². The number of aromatic nitrogens is 6. The number of nitrogens with one attached hydrogen (secondary N) is 1. The average molecular weight is 450 g/mol. The van der Waals surface area contributed by atoms with Crippen LogP contribution in [0, 0.1) is 13.8 Å². The minimum absolute atomic E-state index is 0.162. The quantitative estimate of drug-likeness (QED) is 0.412. The van der Waals surface area contributed by atoms with Crippen molar-refractivity contribution in [3.8, 4) is 11.4 Å². The van der Waals surface area contributed by atoms with E-state index >= 15 is 0 Å². The smallest absolute Gasteiger partial charge is 0.235 e. The molecule has 0 spiro atoms. The molecule has 0 aliphatic heterocycles. The van der Waals surface area contributed by atoms with Crippen molar-refractivity contribution >= 4 is 23.5 Å². The maximum absolute atomic E-state index is 12.6. The van der Waals surface area contributed by atoms with E-state index in [9.17, 15) is 4.79 Å². The number of aryl methyl sites for hydroxylation is 1. The Morgan fingerprint density at radius 3 is 2.84 bits per heavy atom. The first-order chi connectivity index (χ1) is 15.5. The van der Waals surface area contributed by atoms with Gasteiger partial charge in [0.2, 0.25) is 11.1 Å². The predicted octanol–water partition coefficient (Wildman–Crippen LogP) is 3.26. The third-order valence-corrected chi connectivity index (χ3v) is 5.95. The second kappa shape index (κ2) is 9.65. The molecule has 2 heterocycles. The minimum atomic E-state index is -0.169. The van der Waals surface area contributed by atoms with Gasteiger partial charge in [-0.25, -0.2) is 4.68 Å². The van der Waals surface area contributed by atoms with Gasteiger partial charge in [0.25, 0.3) is 0 Å². The van der Waals surface area contributed by atoms with Crippen LogP contribution < -0.4 is 10.1 Å². The lowest BCUT2D eigenvalue weighted by molar-refractivity contribution is -0.113. The van der Waals surface area contributed by atoms with Crippen molar-refractivity contribution in [2.45, 2.75) is 25.5 Å². The Morgan fingerprint density at radius 2 is 2.00 bits per heavy atom. The van der Waals surface area contributed by atoms with Crippen LogP contribution in [-0.2, 0) is 11.3 Å². The van der Waals surface area contributed by atoms with Gasteiger partial charge in [-0.3, -0.25) is 4.79 Å². The highest BCUT2D eigenvalue weighted by atomic mass is 32.2. The molecule has 2 aromatic heterocycles. The molecule has 0 atom stereocenters. The van der Waals surface area contributed by atoms with Crippen molar-refractivity contribution in [1.82, 2.24) is 30.0 Å². The molecule has 0 unspecified atom stereocenters. The van der Waals surface area contributed by atoms with Crippen molar-refractivity contribution in [1.29, 1.82) is 0 Å². The van der Waals surface area contributed by atoms with Gasteiger partial charge in [-0.15, -0.1) is 5.10 Å². The van der Waals surface area contributed by atoms with E-state index in [-0.39, 0.29) is 11.7 Å². The topological polar surface area (TPSA) is 99.8 Å². The molecule has 2 aromatic carbocycles. The first-order valence-electron chi connectivity index (χ1n) is 9.97. The van der Waals surface area contributed by atoms with E-state index in [0.29, 0.717) is 17.5 Å². The van der Waals surface area contributed by atoms with E-state index in [0.717, 1.165) is 28.1 Å². The highest BCUT2D eigenvalue weighted by molar-refractivity contribution is 7.99. The molecule has 0 aliphatic carbocycles. The Morgan fingerprint density at radius 1 is 1.16 bits per heavy atom. The molecular weight excluding hydrogens is 426 g/mol. The Balaban J connectivity index is 1.41. The molecule has 9 nitrogen and oxygen atoms in total. The Kier molecular flexibility index (Phi) is 6.50. The van der Waals surface area contributed by atoms with Gasteiger partial charge in [0, 0.05) is 6.07 Å². The Bertz CT molecular complexity index is 1230. The minimum Gasteiger partial charge on any atom is -0.497 e. The highest BCUT2D eigenvalue weighted by Crippen LogP contribution is 2.23. The number of ether oxygens (including phenoxy) is 1. The van der Waals surface area contributed by atoms with E-state index in [1.165, 1.54) is 11.8 Å². The van der Waals surface area contributed by atoms with Crippen LogP contribution >= 0.6 is 11.8 Å². The molecule has 0 saturated heterocycles. The molecular formula is C22H23N7O2S. The first-order valence-corrected chi connectivity index (χ1v) is 11.0. The SMILES string of the molecule is COc1cccc(Cn2nccc2NC(=O)CSc2nnnn2-c2cccc(C)c2C)c1. The van der Waals surface area contributed by atoms with Crippen LogP contribution in [0.25, 0.3) is 5.69 Å². The van der Waals surface area contributed by atoms with Gasteiger partial charge in [-0.05, 0) is 59.2 Å². The first kappa shape index (κ1) is 21.6. The van der Waals surface area contributed by atoms with E-state index in [1.54, 1.807) is 28.7 Å². The second-order valence-electron chi connectivity index (χ2n) is 7.15. The molecule has 4 aromatic rings. The normalized spacial score (nSPS) is 10.8. The third-order valence-electron chi connectivity index (χ3n) is 5.03. The number of hydrogen-bond donors (Lipinski definition) is 1. The van der Waals surface area contributed by atoms with Gasteiger partial charge in [0.1, 0.15) is 11.6 Å². The summed E-state index contributed by atoms with van der Waals surface area (Å²) in [7, 11) is 1.63. The zero-order chi connectivity index (χ0) is 22.5. The summed E-state index contributed by atoms with van der Waals surface area (Å²) in [6.45, 7) is 4.58. The lowest BCUT2D eigenvalue weighted by Crippen LogP contribution is -2.18. The molecule has 0 aliphatic rings. The zero-order valence-corrected chi connectivity index (χ0v) is 18.8. The molecule has 4 rings (SSSR count). The Hall–Kier alpha value is -3.66. The summed E-state index contributed by atoms with van der Waals surface area (Å²) in [4.78, 5) is 12.6. The van der Waals surface area contributed by atoms with E-state index in [1.807, 2.05) is 56.3 Å². The number of anilines is 1. The van der Waals surface area contributed by atoms with Crippen molar-refractivity contribution in [2.75, 3.05) is 18.2 Å². The Labute approximate surface area is 189 Å². The van der Waals surface area contributed by atoms with Gasteiger partial charge in [-0.2, -0.15) is 9.78 Å². The molecule has 0 saturated carbocycles. The number of methoxy groups -OCH3 is 1. The number of amides is 1. The standard InChI is InChI=1S/C22H23N7O2S/c1-15-6-4-9-19(16(15)2)29-22(25-26-27-29)32-14-21(30)24-20-10-11-23-28(20)13-17-7-5-8-18(12-17)31-3/h4-12H,13-14H2,1-3H3,(H,24,30). The number of thioether (sulfide) groups is 1. The summed E-state index contributed by atoms with van der Waals surface area (Å²) in [6, 6.07) is 15.5. The number of tetrazole rings is 1. The monoisotopic (exact) mass is 449 g/mol. The fraction of sp³-hybridized carbons (Fsp3) is 0.227. The van der Waals surface area contributed by atoms with Crippen LogP contribution in [0.1, 0.15) is 16.7 Å². The number of hydrogen-bond acceptors (Lipinski definition) is 7. The molecule has 0 bridgehead atoms. The summed E-state index contributed by atoms with van der Waals surface area (Å²) in [5, 5.41) is 19.7. The molecule has 0 fully saturated rings. The lowest BCUT2D eigenvalue weighted by Gasteiger charge is -2.11. The van der Waals surface area contributed by atoms with Gasteiger partial charge in [0.15, 0.2) is 0 Å². The number of carbonyl (C=O) groups is 1. The maximum Gasteiger partial charge on any atom is 0.235 e. The predicted molar refractivity (Wildman–Crippen MR) is 122 cm³/mol. The van der Waals surface area contributed by atoms with Crippen molar-refractivity contribution in [3.05, 3.63) is 71.4 Å². The molecule has 10 heteroatoms. The summed E-state index contributed by atoms with van der Waals surface area (Å²) in [5.41, 5.74) is 4.16. The number of nitrogens with zero attached hydrogens (tertiary/aromatic N) is 6.